The number of hydrogen-bond donors (Lipinski definition) is 1. The Morgan fingerprint density at radius 2 is 1.95 bits per heavy atom. The Morgan fingerprint density at radius 1 is 1.19 bits per heavy atom. The maximum Gasteiger partial charge on any atom is 0.165 e. The molecule has 0 radical (unpaired) electrons. The van der Waals surface area contributed by atoms with Crippen molar-refractivity contribution in [3.63, 3.8) is 0 Å². The van der Waals surface area contributed by atoms with Crippen LogP contribution in [0.4, 0.5) is 8.78 Å². The van der Waals surface area contributed by atoms with Gasteiger partial charge in [0.25, 0.3) is 0 Å². The zero-order valence-corrected chi connectivity index (χ0v) is 13.4. The molecule has 1 unspecified atom stereocenters. The van der Waals surface area contributed by atoms with E-state index in [-0.39, 0.29) is 11.8 Å². The highest BCUT2D eigenvalue weighted by Crippen LogP contribution is 2.31. The van der Waals surface area contributed by atoms with Crippen molar-refractivity contribution >= 4 is 15.9 Å². The molecule has 0 spiro atoms. The van der Waals surface area contributed by atoms with E-state index < -0.39 is 11.6 Å². The average molecular weight is 356 g/mol. The Morgan fingerprint density at radius 3 is 2.62 bits per heavy atom. The highest BCUT2D eigenvalue weighted by molar-refractivity contribution is 9.10. The van der Waals surface area contributed by atoms with E-state index in [4.69, 9.17) is 4.74 Å². The molecule has 2 aromatic carbocycles. The lowest BCUT2D eigenvalue weighted by Crippen LogP contribution is -2.18. The maximum absolute atomic E-state index is 13.6. The van der Waals surface area contributed by atoms with Gasteiger partial charge in [0.2, 0.25) is 0 Å². The van der Waals surface area contributed by atoms with E-state index in [1.54, 1.807) is 12.1 Å². The van der Waals surface area contributed by atoms with Crippen molar-refractivity contribution < 1.29 is 13.5 Å². The average Bonchev–Trinajstić information content (AvgIpc) is 2.43. The molecule has 0 saturated heterocycles. The minimum Gasteiger partial charge on any atom is -0.454 e. The molecule has 0 amide bonds. The van der Waals surface area contributed by atoms with Gasteiger partial charge in [-0.05, 0) is 43.3 Å². The predicted molar refractivity (Wildman–Crippen MR) is 82.7 cm³/mol. The van der Waals surface area contributed by atoms with E-state index >= 15 is 0 Å². The van der Waals surface area contributed by atoms with E-state index in [2.05, 4.69) is 28.2 Å². The molecule has 0 fully saturated rings. The summed E-state index contributed by atoms with van der Waals surface area (Å²) in [5.41, 5.74) is 1.07. The van der Waals surface area contributed by atoms with Crippen LogP contribution < -0.4 is 10.1 Å². The van der Waals surface area contributed by atoms with Crippen LogP contribution in [0.3, 0.4) is 0 Å². The zero-order valence-electron chi connectivity index (χ0n) is 11.8. The van der Waals surface area contributed by atoms with Crippen LogP contribution in [0.2, 0.25) is 0 Å². The first-order valence-electron chi connectivity index (χ1n) is 6.67. The van der Waals surface area contributed by atoms with Gasteiger partial charge in [0.1, 0.15) is 11.6 Å². The van der Waals surface area contributed by atoms with Crippen molar-refractivity contribution in [1.82, 2.24) is 5.32 Å². The van der Waals surface area contributed by atoms with E-state index in [9.17, 15) is 8.78 Å². The van der Waals surface area contributed by atoms with Gasteiger partial charge < -0.3 is 10.1 Å². The Labute approximate surface area is 131 Å². The largest absolute Gasteiger partial charge is 0.454 e. The molecule has 2 rings (SSSR count). The molecule has 21 heavy (non-hydrogen) atoms. The maximum atomic E-state index is 13.6. The van der Waals surface area contributed by atoms with Gasteiger partial charge in [0.05, 0.1) is 0 Å². The van der Waals surface area contributed by atoms with Crippen molar-refractivity contribution in [3.8, 4) is 11.5 Å². The molecule has 0 bridgehead atoms. The van der Waals surface area contributed by atoms with Crippen LogP contribution >= 0.6 is 15.9 Å². The van der Waals surface area contributed by atoms with Crippen LogP contribution in [0.15, 0.2) is 40.9 Å². The molecule has 112 valence electrons. The van der Waals surface area contributed by atoms with E-state index in [1.807, 2.05) is 13.0 Å². The highest BCUT2D eigenvalue weighted by atomic mass is 79.9. The zero-order chi connectivity index (χ0) is 15.4. The molecule has 0 saturated carbocycles. The van der Waals surface area contributed by atoms with E-state index in [1.165, 1.54) is 0 Å². The summed E-state index contributed by atoms with van der Waals surface area (Å²) in [6.45, 7) is 4.95. The second-order valence-corrected chi connectivity index (χ2v) is 5.49. The van der Waals surface area contributed by atoms with Crippen LogP contribution in [-0.4, -0.2) is 6.54 Å². The lowest BCUT2D eigenvalue weighted by molar-refractivity contribution is 0.436. The molecule has 0 aliphatic rings. The fourth-order valence-electron chi connectivity index (χ4n) is 2.02. The summed E-state index contributed by atoms with van der Waals surface area (Å²) >= 11 is 3.48. The second kappa shape index (κ2) is 7.00. The van der Waals surface area contributed by atoms with Crippen molar-refractivity contribution in [2.24, 2.45) is 0 Å². The first kappa shape index (κ1) is 15.9. The lowest BCUT2D eigenvalue weighted by atomic mass is 10.1. The van der Waals surface area contributed by atoms with Gasteiger partial charge in [-0.1, -0.05) is 28.9 Å². The first-order valence-corrected chi connectivity index (χ1v) is 7.46. The highest BCUT2D eigenvalue weighted by Gasteiger charge is 2.11. The predicted octanol–water partition coefficient (Wildman–Crippen LogP) is 5.19. The number of nitrogens with one attached hydrogen (secondary N) is 1. The Balaban J connectivity index is 2.22. The summed E-state index contributed by atoms with van der Waals surface area (Å²) in [6, 6.07) is 8.68. The second-order valence-electron chi connectivity index (χ2n) is 4.64. The first-order chi connectivity index (χ1) is 10.0. The molecule has 0 aromatic heterocycles. The molecular formula is C16H16BrF2NO. The number of halogens is 3. The van der Waals surface area contributed by atoms with Crippen LogP contribution in [0.5, 0.6) is 11.5 Å². The van der Waals surface area contributed by atoms with Crippen LogP contribution in [0.25, 0.3) is 0 Å². The molecule has 1 N–H and O–H groups in total. The normalized spacial score (nSPS) is 12.2. The number of ether oxygens (including phenoxy) is 1. The van der Waals surface area contributed by atoms with Crippen molar-refractivity contribution in [1.29, 1.82) is 0 Å². The summed E-state index contributed by atoms with van der Waals surface area (Å²) in [5.74, 6) is -0.825. The summed E-state index contributed by atoms with van der Waals surface area (Å²) in [7, 11) is 0. The van der Waals surface area contributed by atoms with Crippen molar-refractivity contribution in [2.75, 3.05) is 6.54 Å². The topological polar surface area (TPSA) is 21.3 Å². The van der Waals surface area contributed by atoms with Crippen molar-refractivity contribution in [3.05, 3.63) is 58.1 Å². The number of benzene rings is 2. The Kier molecular flexibility index (Phi) is 5.31. The third-order valence-corrected chi connectivity index (χ3v) is 3.76. The van der Waals surface area contributed by atoms with Gasteiger partial charge >= 0.3 is 0 Å². The lowest BCUT2D eigenvalue weighted by Gasteiger charge is -2.16. The van der Waals surface area contributed by atoms with Crippen LogP contribution in [-0.2, 0) is 0 Å². The third kappa shape index (κ3) is 4.02. The van der Waals surface area contributed by atoms with Crippen LogP contribution in [0, 0.1) is 11.6 Å². The summed E-state index contributed by atoms with van der Waals surface area (Å²) in [4.78, 5) is 0. The molecule has 0 aliphatic carbocycles. The molecule has 0 aliphatic heterocycles. The molecule has 2 aromatic rings. The molecule has 1 atom stereocenters. The Hall–Kier alpha value is -1.46. The van der Waals surface area contributed by atoms with Gasteiger partial charge in [-0.2, -0.15) is 0 Å². The minimum absolute atomic E-state index is 0.130. The van der Waals surface area contributed by atoms with Gasteiger partial charge in [-0.15, -0.1) is 0 Å². The number of rotatable bonds is 5. The molecule has 0 heterocycles. The Bertz CT molecular complexity index is 634. The minimum atomic E-state index is -0.599. The van der Waals surface area contributed by atoms with Crippen LogP contribution in [0.1, 0.15) is 25.5 Å². The quantitative estimate of drug-likeness (QED) is 0.796. The smallest absolute Gasteiger partial charge is 0.165 e. The fraction of sp³-hybridized carbons (Fsp3) is 0.250. The van der Waals surface area contributed by atoms with Gasteiger partial charge in [0.15, 0.2) is 11.6 Å². The monoisotopic (exact) mass is 355 g/mol. The molecule has 2 nitrogen and oxygen atoms in total. The van der Waals surface area contributed by atoms with Gasteiger partial charge in [-0.3, -0.25) is 0 Å². The van der Waals surface area contributed by atoms with E-state index in [0.717, 1.165) is 34.8 Å². The third-order valence-electron chi connectivity index (χ3n) is 3.07. The summed E-state index contributed by atoms with van der Waals surface area (Å²) in [5, 5.41) is 3.31. The summed E-state index contributed by atoms with van der Waals surface area (Å²) < 4.78 is 32.9. The molecule has 5 heteroatoms. The SMILES string of the molecule is CCNC(C)c1ccc(Oc2cc(F)ccc2F)cc1Br. The van der Waals surface area contributed by atoms with E-state index in [0.29, 0.717) is 5.75 Å². The fourth-order valence-corrected chi connectivity index (χ4v) is 2.72. The molecular weight excluding hydrogens is 340 g/mol. The summed E-state index contributed by atoms with van der Waals surface area (Å²) in [6.07, 6.45) is 0. The standard InChI is InChI=1S/C16H16BrF2NO/c1-3-20-10(2)13-6-5-12(9-14(13)17)21-16-8-11(18)4-7-15(16)19/h4-10,20H,3H2,1-2H3. The number of hydrogen-bond acceptors (Lipinski definition) is 2. The van der Waals surface area contributed by atoms with Crippen molar-refractivity contribution in [2.45, 2.75) is 19.9 Å². The van der Waals surface area contributed by atoms with Gasteiger partial charge in [0, 0.05) is 16.6 Å². The van der Waals surface area contributed by atoms with Gasteiger partial charge in [-0.25, -0.2) is 8.78 Å².